The molecule has 5 heteroatoms. The van der Waals surface area contributed by atoms with Gasteiger partial charge in [0, 0.05) is 23.0 Å². The van der Waals surface area contributed by atoms with Crippen LogP contribution in [0.15, 0.2) is 18.2 Å². The second kappa shape index (κ2) is 4.18. The average Bonchev–Trinajstić information content (AvgIpc) is 2.56. The number of nitrogens with one attached hydrogen (secondary N) is 1. The Morgan fingerprint density at radius 3 is 2.94 bits per heavy atom. The zero-order valence-corrected chi connectivity index (χ0v) is 9.33. The van der Waals surface area contributed by atoms with Gasteiger partial charge in [0.2, 0.25) is 0 Å². The molecule has 2 rings (SSSR count). The van der Waals surface area contributed by atoms with Gasteiger partial charge in [-0.15, -0.1) is 0 Å². The summed E-state index contributed by atoms with van der Waals surface area (Å²) in [5.41, 5.74) is 7.84. The van der Waals surface area contributed by atoms with E-state index in [2.05, 4.69) is 4.98 Å². The van der Waals surface area contributed by atoms with Crippen LogP contribution in [-0.4, -0.2) is 22.1 Å². The third kappa shape index (κ3) is 2.14. The van der Waals surface area contributed by atoms with Crippen LogP contribution in [0.5, 0.6) is 0 Å². The number of aromatic nitrogens is 1. The van der Waals surface area contributed by atoms with Gasteiger partial charge in [-0.05, 0) is 30.7 Å². The molecule has 0 aliphatic carbocycles. The predicted molar refractivity (Wildman–Crippen MR) is 62.3 cm³/mol. The molecule has 0 radical (unpaired) electrons. The van der Waals surface area contributed by atoms with Crippen molar-refractivity contribution in [3.8, 4) is 0 Å². The first-order valence-corrected chi connectivity index (χ1v) is 5.24. The summed E-state index contributed by atoms with van der Waals surface area (Å²) in [7, 11) is 0. The zero-order chi connectivity index (χ0) is 12.6. The molecule has 17 heavy (non-hydrogen) atoms. The number of rotatable bonds is 3. The number of aryl methyl sites for hydroxylation is 1. The number of carboxylic acid groups (broad SMARTS) is 1. The summed E-state index contributed by atoms with van der Waals surface area (Å²) in [6, 6.07) is 3.47. The molecule has 0 aliphatic rings. The number of hydrogen-bond donors (Lipinski definition) is 3. The minimum atomic E-state index is -1.05. The van der Waals surface area contributed by atoms with E-state index in [4.69, 9.17) is 10.8 Å². The molecule has 90 valence electrons. The van der Waals surface area contributed by atoms with E-state index in [1.165, 1.54) is 12.1 Å². The van der Waals surface area contributed by atoms with Gasteiger partial charge in [-0.25, -0.2) is 4.39 Å². The van der Waals surface area contributed by atoms with Gasteiger partial charge in [0.25, 0.3) is 0 Å². The molecule has 1 atom stereocenters. The number of benzene rings is 1. The second-order valence-corrected chi connectivity index (χ2v) is 4.07. The lowest BCUT2D eigenvalue weighted by molar-refractivity contribution is -0.138. The van der Waals surface area contributed by atoms with Gasteiger partial charge in [0.15, 0.2) is 0 Å². The fourth-order valence-electron chi connectivity index (χ4n) is 1.87. The minimum absolute atomic E-state index is 0.206. The molecule has 2 aromatic rings. The SMILES string of the molecule is Cc1c(CC(N)C(=O)O)[nH]c2ccc(F)cc12. The fourth-order valence-corrected chi connectivity index (χ4v) is 1.87. The molecule has 0 fully saturated rings. The van der Waals surface area contributed by atoms with Crippen molar-refractivity contribution in [2.24, 2.45) is 5.73 Å². The molecular weight excluding hydrogens is 223 g/mol. The molecule has 1 aromatic carbocycles. The minimum Gasteiger partial charge on any atom is -0.480 e. The van der Waals surface area contributed by atoms with Gasteiger partial charge in [0.1, 0.15) is 11.9 Å². The summed E-state index contributed by atoms with van der Waals surface area (Å²) in [5.74, 6) is -1.36. The number of aromatic amines is 1. The van der Waals surface area contributed by atoms with Crippen LogP contribution in [0, 0.1) is 12.7 Å². The Morgan fingerprint density at radius 1 is 1.59 bits per heavy atom. The number of aliphatic carboxylic acids is 1. The number of hydrogen-bond acceptors (Lipinski definition) is 2. The maximum Gasteiger partial charge on any atom is 0.320 e. The second-order valence-electron chi connectivity index (χ2n) is 4.07. The molecule has 0 amide bonds. The smallest absolute Gasteiger partial charge is 0.320 e. The highest BCUT2D eigenvalue weighted by Crippen LogP contribution is 2.23. The molecule has 0 saturated heterocycles. The number of fused-ring (bicyclic) bond motifs is 1. The van der Waals surface area contributed by atoms with Crippen LogP contribution in [0.4, 0.5) is 4.39 Å². The molecule has 0 aliphatic heterocycles. The Labute approximate surface area is 97.2 Å². The highest BCUT2D eigenvalue weighted by atomic mass is 19.1. The van der Waals surface area contributed by atoms with Crippen molar-refractivity contribution in [1.29, 1.82) is 0 Å². The quantitative estimate of drug-likeness (QED) is 0.756. The van der Waals surface area contributed by atoms with Crippen molar-refractivity contribution >= 4 is 16.9 Å². The highest BCUT2D eigenvalue weighted by molar-refractivity contribution is 5.85. The van der Waals surface area contributed by atoms with E-state index in [0.29, 0.717) is 0 Å². The standard InChI is InChI=1S/C12H13FN2O2/c1-6-8-4-7(13)2-3-10(8)15-11(6)5-9(14)12(16)17/h2-4,9,15H,5,14H2,1H3,(H,16,17). The summed E-state index contributed by atoms with van der Waals surface area (Å²) in [6.45, 7) is 1.82. The van der Waals surface area contributed by atoms with E-state index in [1.54, 1.807) is 6.07 Å². The van der Waals surface area contributed by atoms with Crippen molar-refractivity contribution in [1.82, 2.24) is 4.98 Å². The third-order valence-corrected chi connectivity index (χ3v) is 2.87. The normalized spacial score (nSPS) is 12.9. The molecule has 0 spiro atoms. The summed E-state index contributed by atoms with van der Waals surface area (Å²) in [6.07, 6.45) is 0.206. The molecule has 4 nitrogen and oxygen atoms in total. The first-order chi connectivity index (χ1) is 7.99. The molecule has 0 saturated carbocycles. The van der Waals surface area contributed by atoms with Crippen LogP contribution in [0.1, 0.15) is 11.3 Å². The van der Waals surface area contributed by atoms with Crippen LogP contribution in [0.25, 0.3) is 10.9 Å². The lowest BCUT2D eigenvalue weighted by atomic mass is 10.1. The molecule has 1 heterocycles. The average molecular weight is 236 g/mol. The maximum atomic E-state index is 13.1. The number of nitrogens with two attached hydrogens (primary N) is 1. The largest absolute Gasteiger partial charge is 0.480 e. The topological polar surface area (TPSA) is 79.1 Å². The predicted octanol–water partition coefficient (Wildman–Crippen LogP) is 1.57. The Balaban J connectivity index is 2.42. The van der Waals surface area contributed by atoms with Gasteiger partial charge in [0.05, 0.1) is 0 Å². The van der Waals surface area contributed by atoms with Crippen LogP contribution in [0.3, 0.4) is 0 Å². The van der Waals surface area contributed by atoms with Crippen molar-refractivity contribution in [2.45, 2.75) is 19.4 Å². The molecule has 4 N–H and O–H groups in total. The van der Waals surface area contributed by atoms with Crippen molar-refractivity contribution in [2.75, 3.05) is 0 Å². The molecule has 0 bridgehead atoms. The first-order valence-electron chi connectivity index (χ1n) is 5.24. The van der Waals surface area contributed by atoms with E-state index in [9.17, 15) is 9.18 Å². The van der Waals surface area contributed by atoms with Crippen LogP contribution in [-0.2, 0) is 11.2 Å². The molecular formula is C12H13FN2O2. The third-order valence-electron chi connectivity index (χ3n) is 2.87. The number of H-pyrrole nitrogens is 1. The monoisotopic (exact) mass is 236 g/mol. The summed E-state index contributed by atoms with van der Waals surface area (Å²) >= 11 is 0. The van der Waals surface area contributed by atoms with Crippen molar-refractivity contribution < 1.29 is 14.3 Å². The van der Waals surface area contributed by atoms with E-state index in [1.807, 2.05) is 6.92 Å². The Kier molecular flexibility index (Phi) is 2.85. The Morgan fingerprint density at radius 2 is 2.29 bits per heavy atom. The van der Waals surface area contributed by atoms with Gasteiger partial charge < -0.3 is 15.8 Å². The Hall–Kier alpha value is -1.88. The van der Waals surface area contributed by atoms with Gasteiger partial charge >= 0.3 is 5.97 Å². The van der Waals surface area contributed by atoms with Gasteiger partial charge in [-0.3, -0.25) is 4.79 Å². The van der Waals surface area contributed by atoms with Crippen molar-refractivity contribution in [3.63, 3.8) is 0 Å². The van der Waals surface area contributed by atoms with E-state index < -0.39 is 12.0 Å². The van der Waals surface area contributed by atoms with Gasteiger partial charge in [-0.1, -0.05) is 0 Å². The lowest BCUT2D eigenvalue weighted by Gasteiger charge is -2.05. The number of carboxylic acids is 1. The van der Waals surface area contributed by atoms with Crippen LogP contribution >= 0.6 is 0 Å². The first kappa shape index (κ1) is 11.6. The van der Waals surface area contributed by atoms with Crippen molar-refractivity contribution in [3.05, 3.63) is 35.3 Å². The summed E-state index contributed by atoms with van der Waals surface area (Å²) in [5, 5.41) is 9.52. The number of halogens is 1. The maximum absolute atomic E-state index is 13.1. The fraction of sp³-hybridized carbons (Fsp3) is 0.250. The van der Waals surface area contributed by atoms with Crippen LogP contribution < -0.4 is 5.73 Å². The molecule has 1 aromatic heterocycles. The summed E-state index contributed by atoms with van der Waals surface area (Å²) < 4.78 is 13.1. The lowest BCUT2D eigenvalue weighted by Crippen LogP contribution is -2.32. The van der Waals surface area contributed by atoms with Gasteiger partial charge in [-0.2, -0.15) is 0 Å². The summed E-state index contributed by atoms with van der Waals surface area (Å²) in [4.78, 5) is 13.8. The van der Waals surface area contributed by atoms with E-state index in [-0.39, 0.29) is 12.2 Å². The molecule has 1 unspecified atom stereocenters. The van der Waals surface area contributed by atoms with E-state index in [0.717, 1.165) is 22.2 Å². The zero-order valence-electron chi connectivity index (χ0n) is 9.33. The number of carbonyl (C=O) groups is 1. The Bertz CT molecular complexity index is 577. The van der Waals surface area contributed by atoms with E-state index >= 15 is 0 Å². The van der Waals surface area contributed by atoms with Crippen LogP contribution in [0.2, 0.25) is 0 Å². The highest BCUT2D eigenvalue weighted by Gasteiger charge is 2.16.